The molecule has 0 spiro atoms. The van der Waals surface area contributed by atoms with Crippen LogP contribution in [0.2, 0.25) is 0 Å². The number of phenolic OH excluding ortho intramolecular Hbond substituents is 1. The third-order valence-corrected chi connectivity index (χ3v) is 3.22. The van der Waals surface area contributed by atoms with Gasteiger partial charge in [0.2, 0.25) is 5.91 Å². The molecule has 2 aromatic carbocycles. The average molecular weight is 344 g/mol. The van der Waals surface area contributed by atoms with E-state index in [0.29, 0.717) is 23.7 Å². The number of hydrogen-bond donors (Lipinski definition) is 3. The second kappa shape index (κ2) is 8.16. The van der Waals surface area contributed by atoms with E-state index in [0.717, 1.165) is 5.56 Å². The van der Waals surface area contributed by atoms with Crippen LogP contribution in [0.5, 0.6) is 17.2 Å². The van der Waals surface area contributed by atoms with Gasteiger partial charge in [0.15, 0.2) is 0 Å². The fourth-order valence-corrected chi connectivity index (χ4v) is 2.18. The topological polar surface area (TPSA) is 99.1 Å². The van der Waals surface area contributed by atoms with Crippen LogP contribution in [0.1, 0.15) is 12.0 Å². The van der Waals surface area contributed by atoms with Gasteiger partial charge in [-0.1, -0.05) is 0 Å². The number of aliphatic carboxylic acids is 1. The van der Waals surface area contributed by atoms with Crippen molar-refractivity contribution in [1.29, 1.82) is 0 Å². The first-order valence-corrected chi connectivity index (χ1v) is 7.59. The lowest BCUT2D eigenvalue weighted by molar-refractivity contribution is -0.139. The minimum atomic E-state index is -1.18. The van der Waals surface area contributed by atoms with Gasteiger partial charge in [0.1, 0.15) is 23.7 Å². The summed E-state index contributed by atoms with van der Waals surface area (Å²) in [6.07, 6.45) is -0.583. The Morgan fingerprint density at radius 2 is 1.72 bits per heavy atom. The Morgan fingerprint density at radius 1 is 1.08 bits per heavy atom. The zero-order valence-electron chi connectivity index (χ0n) is 14.0. The van der Waals surface area contributed by atoms with Crippen LogP contribution in [0.3, 0.4) is 0 Å². The minimum absolute atomic E-state index is 0.206. The summed E-state index contributed by atoms with van der Waals surface area (Å²) in [4.78, 5) is 23.8. The number of amides is 1. The summed E-state index contributed by atoms with van der Waals surface area (Å²) in [6, 6.07) is 11.6. The highest BCUT2D eigenvalue weighted by Crippen LogP contribution is 2.28. The van der Waals surface area contributed by atoms with Crippen LogP contribution in [-0.2, 0) is 16.1 Å². The minimum Gasteiger partial charge on any atom is -0.508 e. The van der Waals surface area contributed by atoms with E-state index >= 15 is 0 Å². The molecule has 0 aromatic heterocycles. The quantitative estimate of drug-likeness (QED) is 0.668. The van der Waals surface area contributed by atoms with Crippen molar-refractivity contribution in [3.8, 4) is 17.2 Å². The van der Waals surface area contributed by atoms with Gasteiger partial charge in [0.25, 0.3) is 0 Å². The number of hydrogen-bond acceptors (Lipinski definition) is 5. The molecule has 0 saturated carbocycles. The lowest BCUT2D eigenvalue weighted by Crippen LogP contribution is -2.15. The van der Waals surface area contributed by atoms with Crippen LogP contribution in [-0.4, -0.2) is 41.1 Å². The van der Waals surface area contributed by atoms with Gasteiger partial charge in [-0.3, -0.25) is 9.59 Å². The summed E-state index contributed by atoms with van der Waals surface area (Å²) in [6.45, 7) is 0.581. The van der Waals surface area contributed by atoms with E-state index in [1.54, 1.807) is 42.5 Å². The molecule has 7 heteroatoms. The molecule has 3 N–H and O–H groups in total. The molecule has 0 aliphatic carbocycles. The van der Waals surface area contributed by atoms with Gasteiger partial charge in [-0.15, -0.1) is 0 Å². The predicted octanol–water partition coefficient (Wildman–Crippen LogP) is 2.66. The van der Waals surface area contributed by atoms with Crippen molar-refractivity contribution in [3.63, 3.8) is 0 Å². The van der Waals surface area contributed by atoms with Crippen LogP contribution in [0.15, 0.2) is 42.5 Å². The number of nitrogens with zero attached hydrogens (tertiary/aromatic N) is 1. The molecular formula is C18H20N2O5. The highest BCUT2D eigenvalue weighted by atomic mass is 16.5. The number of carboxylic acids is 1. The van der Waals surface area contributed by atoms with Crippen LogP contribution in [0, 0.1) is 0 Å². The molecule has 0 aliphatic heterocycles. The smallest absolute Gasteiger partial charge is 0.312 e. The van der Waals surface area contributed by atoms with Crippen molar-refractivity contribution in [2.75, 3.05) is 19.4 Å². The molecule has 0 atom stereocenters. The largest absolute Gasteiger partial charge is 0.508 e. The summed E-state index contributed by atoms with van der Waals surface area (Å²) in [7, 11) is 3.81. The average Bonchev–Trinajstić information content (AvgIpc) is 2.51. The molecule has 7 nitrogen and oxygen atoms in total. The first-order valence-electron chi connectivity index (χ1n) is 7.59. The molecule has 0 radical (unpaired) electrons. The van der Waals surface area contributed by atoms with E-state index in [9.17, 15) is 14.7 Å². The predicted molar refractivity (Wildman–Crippen MR) is 92.9 cm³/mol. The monoisotopic (exact) mass is 344 g/mol. The molecule has 0 bridgehead atoms. The third kappa shape index (κ3) is 5.82. The Hall–Kier alpha value is -3.06. The van der Waals surface area contributed by atoms with Crippen LogP contribution >= 0.6 is 0 Å². The molecule has 2 rings (SSSR count). The summed E-state index contributed by atoms with van der Waals surface area (Å²) in [5, 5.41) is 20.9. The Kier molecular flexibility index (Phi) is 5.97. The van der Waals surface area contributed by atoms with Crippen molar-refractivity contribution < 1.29 is 24.5 Å². The molecule has 0 heterocycles. The second-order valence-electron chi connectivity index (χ2n) is 5.77. The zero-order chi connectivity index (χ0) is 18.4. The molecule has 0 fully saturated rings. The van der Waals surface area contributed by atoms with Gasteiger partial charge in [-0.2, -0.15) is 0 Å². The fourth-order valence-electron chi connectivity index (χ4n) is 2.18. The van der Waals surface area contributed by atoms with Crippen LogP contribution in [0.4, 0.5) is 5.69 Å². The van der Waals surface area contributed by atoms with Gasteiger partial charge < -0.3 is 25.2 Å². The Labute approximate surface area is 145 Å². The third-order valence-electron chi connectivity index (χ3n) is 3.22. The molecule has 2 aromatic rings. The van der Waals surface area contributed by atoms with Gasteiger partial charge in [-0.05, 0) is 56.6 Å². The number of nitrogens with one attached hydrogen (secondary N) is 1. The number of carboxylic acid groups (broad SMARTS) is 1. The van der Waals surface area contributed by atoms with Gasteiger partial charge in [0.05, 0.1) is 0 Å². The van der Waals surface area contributed by atoms with Crippen LogP contribution in [0.25, 0.3) is 0 Å². The van der Waals surface area contributed by atoms with Crippen molar-refractivity contribution in [3.05, 3.63) is 48.0 Å². The Bertz CT molecular complexity index is 757. The van der Waals surface area contributed by atoms with E-state index in [4.69, 9.17) is 9.84 Å². The summed E-state index contributed by atoms with van der Waals surface area (Å²) in [5.74, 6) is -0.432. The SMILES string of the molecule is CN(C)Cc1cc(Oc2ccc(NC(=O)CC(=O)O)cc2)ccc1O. The highest BCUT2D eigenvalue weighted by molar-refractivity contribution is 6.01. The summed E-state index contributed by atoms with van der Waals surface area (Å²) >= 11 is 0. The first-order chi connectivity index (χ1) is 11.8. The number of aromatic hydroxyl groups is 1. The maximum absolute atomic E-state index is 11.4. The van der Waals surface area contributed by atoms with E-state index in [2.05, 4.69) is 5.32 Å². The van der Waals surface area contributed by atoms with Crippen molar-refractivity contribution >= 4 is 17.6 Å². The molecule has 1 amide bonds. The van der Waals surface area contributed by atoms with Crippen molar-refractivity contribution in [2.45, 2.75) is 13.0 Å². The van der Waals surface area contributed by atoms with E-state index < -0.39 is 18.3 Å². The molecule has 0 aliphatic rings. The maximum Gasteiger partial charge on any atom is 0.312 e. The van der Waals surface area contributed by atoms with Crippen molar-refractivity contribution in [2.24, 2.45) is 0 Å². The number of benzene rings is 2. The lowest BCUT2D eigenvalue weighted by Gasteiger charge is -2.13. The number of carbonyl (C=O) groups excluding carboxylic acids is 1. The number of phenols is 1. The Morgan fingerprint density at radius 3 is 2.32 bits per heavy atom. The molecular weight excluding hydrogens is 324 g/mol. The molecule has 25 heavy (non-hydrogen) atoms. The standard InChI is InChI=1S/C18H20N2O5/c1-20(2)11-12-9-15(7-8-16(12)21)25-14-5-3-13(4-6-14)19-17(22)10-18(23)24/h3-9,21H,10-11H2,1-2H3,(H,19,22)(H,23,24). The zero-order valence-corrected chi connectivity index (χ0v) is 14.0. The fraction of sp³-hybridized carbons (Fsp3) is 0.222. The number of carbonyl (C=O) groups is 2. The lowest BCUT2D eigenvalue weighted by atomic mass is 10.2. The number of ether oxygens (including phenoxy) is 1. The molecule has 0 unspecified atom stereocenters. The van der Waals surface area contributed by atoms with E-state index in [1.807, 2.05) is 19.0 Å². The second-order valence-corrected chi connectivity index (χ2v) is 5.77. The van der Waals surface area contributed by atoms with Crippen molar-refractivity contribution in [1.82, 2.24) is 4.90 Å². The number of anilines is 1. The summed E-state index contributed by atoms with van der Waals surface area (Å²) < 4.78 is 5.74. The maximum atomic E-state index is 11.4. The van der Waals surface area contributed by atoms with E-state index in [-0.39, 0.29) is 5.75 Å². The summed E-state index contributed by atoms with van der Waals surface area (Å²) in [5.41, 5.74) is 1.23. The number of rotatable bonds is 7. The molecule has 132 valence electrons. The Balaban J connectivity index is 2.03. The van der Waals surface area contributed by atoms with E-state index in [1.165, 1.54) is 0 Å². The normalized spacial score (nSPS) is 10.5. The first kappa shape index (κ1) is 18.3. The highest BCUT2D eigenvalue weighted by Gasteiger charge is 2.08. The van der Waals surface area contributed by atoms with Gasteiger partial charge in [0, 0.05) is 17.8 Å². The molecule has 0 saturated heterocycles. The van der Waals surface area contributed by atoms with Gasteiger partial charge in [-0.25, -0.2) is 0 Å². The van der Waals surface area contributed by atoms with Gasteiger partial charge >= 0.3 is 5.97 Å². The van der Waals surface area contributed by atoms with Crippen LogP contribution < -0.4 is 10.1 Å².